The Kier molecular flexibility index (Phi) is 5.42. The van der Waals surface area contributed by atoms with Crippen LogP contribution < -0.4 is 5.56 Å². The van der Waals surface area contributed by atoms with Crippen LogP contribution in [0.5, 0.6) is 0 Å². The van der Waals surface area contributed by atoms with E-state index in [0.717, 1.165) is 6.54 Å². The first kappa shape index (κ1) is 13.4. The average Bonchev–Trinajstić information content (AvgIpc) is 2.35. The van der Waals surface area contributed by atoms with Gasteiger partial charge in [0, 0.05) is 25.4 Å². The fourth-order valence-corrected chi connectivity index (χ4v) is 1.49. The van der Waals surface area contributed by atoms with Crippen molar-refractivity contribution < 1.29 is 9.53 Å². The summed E-state index contributed by atoms with van der Waals surface area (Å²) >= 11 is 0. The molecule has 0 bridgehead atoms. The normalized spacial score (nSPS) is 10.5. The maximum Gasteiger partial charge on any atom is 0.319 e. The minimum Gasteiger partial charge on any atom is -0.468 e. The Hall–Kier alpha value is -1.62. The highest BCUT2D eigenvalue weighted by Gasteiger charge is 2.08. The molecule has 5 heteroatoms. The Morgan fingerprint density at radius 1 is 1.47 bits per heavy atom. The third-order valence-electron chi connectivity index (χ3n) is 2.58. The molecule has 0 aliphatic carbocycles. The maximum absolute atomic E-state index is 11.5. The first-order chi connectivity index (χ1) is 8.17. The van der Waals surface area contributed by atoms with Gasteiger partial charge in [0.2, 0.25) is 0 Å². The van der Waals surface area contributed by atoms with Gasteiger partial charge < -0.3 is 9.30 Å². The van der Waals surface area contributed by atoms with Crippen LogP contribution in [0.3, 0.4) is 0 Å². The van der Waals surface area contributed by atoms with Crippen molar-refractivity contribution in [3.05, 3.63) is 34.7 Å². The summed E-state index contributed by atoms with van der Waals surface area (Å²) in [7, 11) is 1.37. The molecule has 1 rings (SSSR count). The first-order valence-electron chi connectivity index (χ1n) is 5.62. The van der Waals surface area contributed by atoms with Gasteiger partial charge in [-0.25, -0.2) is 0 Å². The number of carbonyl (C=O) groups is 1. The van der Waals surface area contributed by atoms with Crippen molar-refractivity contribution in [1.29, 1.82) is 0 Å². The van der Waals surface area contributed by atoms with E-state index in [1.54, 1.807) is 16.8 Å². The minimum absolute atomic E-state index is 0.0263. The van der Waals surface area contributed by atoms with Crippen LogP contribution in [-0.2, 0) is 16.1 Å². The van der Waals surface area contributed by atoms with E-state index >= 15 is 0 Å². The number of carbonyl (C=O) groups excluding carboxylic acids is 1. The SMILES string of the molecule is CCN(CCn1ccccc1=O)CC(=O)OC. The zero-order valence-corrected chi connectivity index (χ0v) is 10.3. The molecule has 1 heterocycles. The lowest BCUT2D eigenvalue weighted by atomic mass is 10.4. The molecule has 0 N–H and O–H groups in total. The van der Waals surface area contributed by atoms with E-state index in [1.165, 1.54) is 13.2 Å². The van der Waals surface area contributed by atoms with Gasteiger partial charge >= 0.3 is 5.97 Å². The van der Waals surface area contributed by atoms with Crippen molar-refractivity contribution in [1.82, 2.24) is 9.47 Å². The lowest BCUT2D eigenvalue weighted by Crippen LogP contribution is -2.34. The van der Waals surface area contributed by atoms with Gasteiger partial charge in [0.25, 0.3) is 5.56 Å². The van der Waals surface area contributed by atoms with E-state index in [1.807, 2.05) is 17.9 Å². The summed E-state index contributed by atoms with van der Waals surface area (Å²) < 4.78 is 6.23. The van der Waals surface area contributed by atoms with E-state index < -0.39 is 0 Å². The average molecular weight is 238 g/mol. The van der Waals surface area contributed by atoms with Gasteiger partial charge in [-0.3, -0.25) is 14.5 Å². The van der Waals surface area contributed by atoms with Gasteiger partial charge in [-0.15, -0.1) is 0 Å². The largest absolute Gasteiger partial charge is 0.468 e. The number of nitrogens with zero attached hydrogens (tertiary/aromatic N) is 2. The summed E-state index contributed by atoms with van der Waals surface area (Å²) in [5.41, 5.74) is -0.0263. The molecule has 0 saturated carbocycles. The number of likely N-dealkylation sites (N-methyl/N-ethyl adjacent to an activating group) is 1. The minimum atomic E-state index is -0.257. The predicted molar refractivity (Wildman–Crippen MR) is 64.8 cm³/mol. The predicted octanol–water partition coefficient (Wildman–Crippen LogP) is 0.343. The van der Waals surface area contributed by atoms with Gasteiger partial charge in [0.05, 0.1) is 13.7 Å². The van der Waals surface area contributed by atoms with Crippen molar-refractivity contribution in [2.24, 2.45) is 0 Å². The van der Waals surface area contributed by atoms with E-state index in [4.69, 9.17) is 0 Å². The second-order valence-corrected chi connectivity index (χ2v) is 3.68. The Morgan fingerprint density at radius 2 is 2.24 bits per heavy atom. The Morgan fingerprint density at radius 3 is 2.82 bits per heavy atom. The fraction of sp³-hybridized carbons (Fsp3) is 0.500. The van der Waals surface area contributed by atoms with Gasteiger partial charge in [-0.1, -0.05) is 13.0 Å². The van der Waals surface area contributed by atoms with Crippen LogP contribution in [0.25, 0.3) is 0 Å². The summed E-state index contributed by atoms with van der Waals surface area (Å²) in [4.78, 5) is 24.5. The second kappa shape index (κ2) is 6.85. The first-order valence-corrected chi connectivity index (χ1v) is 5.62. The number of esters is 1. The molecule has 0 saturated heterocycles. The molecular formula is C12H18N2O3. The summed E-state index contributed by atoms with van der Waals surface area (Å²) in [6.07, 6.45) is 1.74. The smallest absolute Gasteiger partial charge is 0.319 e. The Bertz CT molecular complexity index is 414. The van der Waals surface area contributed by atoms with Crippen molar-refractivity contribution >= 4 is 5.97 Å². The van der Waals surface area contributed by atoms with Crippen LogP contribution in [0.2, 0.25) is 0 Å². The number of methoxy groups -OCH3 is 1. The molecule has 17 heavy (non-hydrogen) atoms. The molecule has 0 unspecified atom stereocenters. The van der Waals surface area contributed by atoms with E-state index in [9.17, 15) is 9.59 Å². The van der Waals surface area contributed by atoms with Crippen LogP contribution >= 0.6 is 0 Å². The zero-order chi connectivity index (χ0) is 12.7. The van der Waals surface area contributed by atoms with E-state index in [2.05, 4.69) is 4.74 Å². The van der Waals surface area contributed by atoms with E-state index in [-0.39, 0.29) is 18.1 Å². The summed E-state index contributed by atoms with van der Waals surface area (Å²) in [5.74, 6) is -0.257. The summed E-state index contributed by atoms with van der Waals surface area (Å²) in [6.45, 7) is 4.20. The highest BCUT2D eigenvalue weighted by atomic mass is 16.5. The quantitative estimate of drug-likeness (QED) is 0.671. The highest BCUT2D eigenvalue weighted by molar-refractivity contribution is 5.71. The second-order valence-electron chi connectivity index (χ2n) is 3.68. The molecule has 0 aliphatic heterocycles. The maximum atomic E-state index is 11.5. The molecule has 94 valence electrons. The third kappa shape index (κ3) is 4.40. The van der Waals surface area contributed by atoms with Crippen LogP contribution in [0.1, 0.15) is 6.92 Å². The van der Waals surface area contributed by atoms with Gasteiger partial charge in [-0.05, 0) is 12.6 Å². The number of aromatic nitrogens is 1. The van der Waals surface area contributed by atoms with Crippen molar-refractivity contribution in [2.75, 3.05) is 26.7 Å². The topological polar surface area (TPSA) is 51.5 Å². The van der Waals surface area contributed by atoms with Crippen LogP contribution in [0, 0.1) is 0 Å². The number of hydrogen-bond acceptors (Lipinski definition) is 4. The molecule has 5 nitrogen and oxygen atoms in total. The Balaban J connectivity index is 2.51. The molecule has 0 atom stereocenters. The molecule has 0 amide bonds. The molecular weight excluding hydrogens is 220 g/mol. The lowest BCUT2D eigenvalue weighted by Gasteiger charge is -2.19. The van der Waals surface area contributed by atoms with Gasteiger partial charge in [0.1, 0.15) is 0 Å². The number of hydrogen-bond donors (Lipinski definition) is 0. The molecule has 1 aromatic heterocycles. The fourth-order valence-electron chi connectivity index (χ4n) is 1.49. The molecule has 0 aliphatic rings. The highest BCUT2D eigenvalue weighted by Crippen LogP contribution is 1.91. The molecule has 0 aromatic carbocycles. The standard InChI is InChI=1S/C12H18N2O3/c1-3-13(10-12(16)17-2)8-9-14-7-5-4-6-11(14)15/h4-7H,3,8-10H2,1-2H3. The van der Waals surface area contributed by atoms with Crippen LogP contribution in [0.15, 0.2) is 29.2 Å². The van der Waals surface area contributed by atoms with Crippen LogP contribution in [0.4, 0.5) is 0 Å². The summed E-state index contributed by atoms with van der Waals surface area (Å²) in [6, 6.07) is 5.06. The third-order valence-corrected chi connectivity index (χ3v) is 2.58. The van der Waals surface area contributed by atoms with E-state index in [0.29, 0.717) is 13.1 Å². The molecule has 1 aromatic rings. The van der Waals surface area contributed by atoms with Crippen LogP contribution in [-0.4, -0.2) is 42.2 Å². The number of ether oxygens (including phenoxy) is 1. The van der Waals surface area contributed by atoms with Crippen molar-refractivity contribution in [3.8, 4) is 0 Å². The monoisotopic (exact) mass is 238 g/mol. The summed E-state index contributed by atoms with van der Waals surface area (Å²) in [5, 5.41) is 0. The lowest BCUT2D eigenvalue weighted by molar-refractivity contribution is -0.141. The van der Waals surface area contributed by atoms with Crippen molar-refractivity contribution in [3.63, 3.8) is 0 Å². The number of rotatable bonds is 6. The van der Waals surface area contributed by atoms with Crippen molar-refractivity contribution in [2.45, 2.75) is 13.5 Å². The van der Waals surface area contributed by atoms with Gasteiger partial charge in [-0.2, -0.15) is 0 Å². The Labute approximate surface area is 101 Å². The van der Waals surface area contributed by atoms with Gasteiger partial charge in [0.15, 0.2) is 0 Å². The molecule has 0 radical (unpaired) electrons. The molecule has 0 spiro atoms. The molecule has 0 fully saturated rings. The number of pyridine rings is 1. The zero-order valence-electron chi connectivity index (χ0n) is 10.3.